The molecule has 0 saturated carbocycles. The van der Waals surface area contributed by atoms with Gasteiger partial charge >= 0.3 is 0 Å². The zero-order valence-corrected chi connectivity index (χ0v) is 12.0. The van der Waals surface area contributed by atoms with E-state index in [1.54, 1.807) is 6.07 Å². The molecular formula is C12H18N4O3S. The summed E-state index contributed by atoms with van der Waals surface area (Å²) in [6.07, 6.45) is 0.651. The van der Waals surface area contributed by atoms with Gasteiger partial charge in [-0.05, 0) is 31.7 Å². The van der Waals surface area contributed by atoms with E-state index in [4.69, 9.17) is 11.5 Å². The first-order valence-electron chi connectivity index (χ1n) is 6.22. The minimum Gasteiger partial charge on any atom is -0.397 e. The molecule has 1 atom stereocenters. The molecule has 2 rings (SSSR count). The Hall–Kier alpha value is -1.80. The van der Waals surface area contributed by atoms with Gasteiger partial charge < -0.3 is 16.4 Å². The second-order valence-corrected chi connectivity index (χ2v) is 6.65. The molecule has 0 radical (unpaired) electrons. The van der Waals surface area contributed by atoms with Gasteiger partial charge in [-0.1, -0.05) is 0 Å². The van der Waals surface area contributed by atoms with E-state index in [0.717, 1.165) is 0 Å². The van der Waals surface area contributed by atoms with Crippen molar-refractivity contribution in [3.05, 3.63) is 18.2 Å². The third-order valence-electron chi connectivity index (χ3n) is 3.51. The number of rotatable bonds is 4. The van der Waals surface area contributed by atoms with Crippen molar-refractivity contribution < 1.29 is 13.2 Å². The number of nitrogens with one attached hydrogen (secondary N) is 1. The zero-order valence-electron chi connectivity index (χ0n) is 11.2. The van der Waals surface area contributed by atoms with Crippen LogP contribution in [0.2, 0.25) is 0 Å². The molecule has 1 aromatic carbocycles. The SMILES string of the molecule is CNS(=O)(=O)c1ccc(N)c(N2CCC(C(N)=O)C2)c1. The van der Waals surface area contributed by atoms with Crippen molar-refractivity contribution in [2.45, 2.75) is 11.3 Å². The zero-order chi connectivity index (χ0) is 14.9. The van der Waals surface area contributed by atoms with Gasteiger partial charge in [-0.2, -0.15) is 0 Å². The third-order valence-corrected chi connectivity index (χ3v) is 4.92. The Morgan fingerprint density at radius 2 is 2.15 bits per heavy atom. The van der Waals surface area contributed by atoms with E-state index >= 15 is 0 Å². The highest BCUT2D eigenvalue weighted by molar-refractivity contribution is 7.89. The monoisotopic (exact) mass is 298 g/mol. The first-order chi connectivity index (χ1) is 9.35. The first-order valence-corrected chi connectivity index (χ1v) is 7.71. The highest BCUT2D eigenvalue weighted by Crippen LogP contribution is 2.30. The van der Waals surface area contributed by atoms with Crippen LogP contribution in [-0.4, -0.2) is 34.5 Å². The highest BCUT2D eigenvalue weighted by atomic mass is 32.2. The molecule has 110 valence electrons. The van der Waals surface area contributed by atoms with Gasteiger partial charge in [-0.15, -0.1) is 0 Å². The molecule has 0 aliphatic carbocycles. The summed E-state index contributed by atoms with van der Waals surface area (Å²) in [5.74, 6) is -0.566. The fraction of sp³-hybridized carbons (Fsp3) is 0.417. The second-order valence-electron chi connectivity index (χ2n) is 4.76. The number of benzene rings is 1. The average Bonchev–Trinajstić information content (AvgIpc) is 2.88. The maximum atomic E-state index is 11.8. The number of carbonyl (C=O) groups is 1. The summed E-state index contributed by atoms with van der Waals surface area (Å²) in [5.41, 5.74) is 12.3. The minimum atomic E-state index is -3.52. The lowest BCUT2D eigenvalue weighted by molar-refractivity contribution is -0.121. The number of carbonyl (C=O) groups excluding carboxylic acids is 1. The van der Waals surface area contributed by atoms with E-state index in [-0.39, 0.29) is 16.7 Å². The van der Waals surface area contributed by atoms with Crippen LogP contribution in [0.5, 0.6) is 0 Å². The predicted octanol–water partition coefficient (Wildman–Crippen LogP) is -0.511. The number of hydrogen-bond acceptors (Lipinski definition) is 5. The van der Waals surface area contributed by atoms with Crippen molar-refractivity contribution >= 4 is 27.3 Å². The van der Waals surface area contributed by atoms with E-state index < -0.39 is 10.0 Å². The fourth-order valence-corrected chi connectivity index (χ4v) is 3.04. The number of nitrogens with zero attached hydrogens (tertiary/aromatic N) is 1. The van der Waals surface area contributed by atoms with Crippen LogP contribution in [0.1, 0.15) is 6.42 Å². The lowest BCUT2D eigenvalue weighted by Gasteiger charge is -2.21. The number of hydrogen-bond donors (Lipinski definition) is 3. The maximum Gasteiger partial charge on any atom is 0.240 e. The molecule has 1 saturated heterocycles. The third kappa shape index (κ3) is 2.70. The highest BCUT2D eigenvalue weighted by Gasteiger charge is 2.28. The van der Waals surface area contributed by atoms with Gasteiger partial charge in [-0.25, -0.2) is 13.1 Å². The molecule has 1 unspecified atom stereocenters. The molecule has 1 fully saturated rings. The molecular weight excluding hydrogens is 280 g/mol. The first kappa shape index (κ1) is 14.6. The molecule has 1 heterocycles. The lowest BCUT2D eigenvalue weighted by Crippen LogP contribution is -2.28. The van der Waals surface area contributed by atoms with Crippen molar-refractivity contribution in [1.29, 1.82) is 0 Å². The minimum absolute atomic E-state index is 0.145. The van der Waals surface area contributed by atoms with Crippen LogP contribution in [-0.2, 0) is 14.8 Å². The van der Waals surface area contributed by atoms with E-state index in [9.17, 15) is 13.2 Å². The summed E-state index contributed by atoms with van der Waals surface area (Å²) in [6.45, 7) is 1.09. The number of amides is 1. The van der Waals surface area contributed by atoms with Crippen molar-refractivity contribution in [3.63, 3.8) is 0 Å². The molecule has 1 aliphatic rings. The number of anilines is 2. The van der Waals surface area contributed by atoms with E-state index in [0.29, 0.717) is 30.9 Å². The van der Waals surface area contributed by atoms with Crippen LogP contribution < -0.4 is 21.1 Å². The molecule has 0 bridgehead atoms. The van der Waals surface area contributed by atoms with Crippen molar-refractivity contribution in [1.82, 2.24) is 4.72 Å². The quantitative estimate of drug-likeness (QED) is 0.647. The average molecular weight is 298 g/mol. The van der Waals surface area contributed by atoms with Gasteiger partial charge in [0.05, 0.1) is 22.2 Å². The van der Waals surface area contributed by atoms with Crippen LogP contribution in [0.15, 0.2) is 23.1 Å². The number of nitrogens with two attached hydrogens (primary N) is 2. The van der Waals surface area contributed by atoms with Crippen LogP contribution in [0.4, 0.5) is 11.4 Å². The van der Waals surface area contributed by atoms with Gasteiger partial charge in [0.2, 0.25) is 15.9 Å². The smallest absolute Gasteiger partial charge is 0.240 e. The summed E-state index contributed by atoms with van der Waals surface area (Å²) in [4.78, 5) is 13.2. The summed E-state index contributed by atoms with van der Waals surface area (Å²) < 4.78 is 25.9. The molecule has 0 spiro atoms. The summed E-state index contributed by atoms with van der Waals surface area (Å²) in [7, 11) is -2.17. The number of nitrogen functional groups attached to an aromatic ring is 1. The van der Waals surface area contributed by atoms with Crippen LogP contribution in [0.3, 0.4) is 0 Å². The Morgan fingerprint density at radius 1 is 1.45 bits per heavy atom. The molecule has 8 heteroatoms. The van der Waals surface area contributed by atoms with Gasteiger partial charge in [-0.3, -0.25) is 4.79 Å². The maximum absolute atomic E-state index is 11.8. The Morgan fingerprint density at radius 3 is 2.70 bits per heavy atom. The summed E-state index contributed by atoms with van der Waals surface area (Å²) in [5, 5.41) is 0. The fourth-order valence-electron chi connectivity index (χ4n) is 2.29. The normalized spacial score (nSPS) is 19.2. The molecule has 7 nitrogen and oxygen atoms in total. The predicted molar refractivity (Wildman–Crippen MR) is 76.6 cm³/mol. The molecule has 1 aliphatic heterocycles. The number of sulfonamides is 1. The van der Waals surface area contributed by atoms with Crippen molar-refractivity contribution in [2.24, 2.45) is 11.7 Å². The summed E-state index contributed by atoms with van der Waals surface area (Å²) >= 11 is 0. The number of primary amides is 1. The Labute approximate surface area is 118 Å². The largest absolute Gasteiger partial charge is 0.397 e. The van der Waals surface area contributed by atoms with E-state index in [1.165, 1.54) is 19.2 Å². The molecule has 1 amide bonds. The van der Waals surface area contributed by atoms with Crippen molar-refractivity contribution in [2.75, 3.05) is 30.8 Å². The standard InChI is InChI=1S/C12H18N4O3S/c1-15-20(18,19)9-2-3-10(13)11(6-9)16-5-4-8(7-16)12(14)17/h2-3,6,8,15H,4-5,7,13H2,1H3,(H2,14,17). The van der Waals surface area contributed by atoms with Gasteiger partial charge in [0.15, 0.2) is 0 Å². The van der Waals surface area contributed by atoms with Crippen LogP contribution >= 0.6 is 0 Å². The Balaban J connectivity index is 2.33. The Kier molecular flexibility index (Phi) is 3.87. The second kappa shape index (κ2) is 5.29. The topological polar surface area (TPSA) is 119 Å². The molecule has 5 N–H and O–H groups in total. The van der Waals surface area contributed by atoms with Gasteiger partial charge in [0, 0.05) is 13.1 Å². The molecule has 0 aromatic heterocycles. The summed E-state index contributed by atoms with van der Waals surface area (Å²) in [6, 6.07) is 4.52. The molecule has 1 aromatic rings. The Bertz CT molecular complexity index is 630. The van der Waals surface area contributed by atoms with Gasteiger partial charge in [0.25, 0.3) is 0 Å². The van der Waals surface area contributed by atoms with Crippen LogP contribution in [0, 0.1) is 5.92 Å². The van der Waals surface area contributed by atoms with Crippen LogP contribution in [0.25, 0.3) is 0 Å². The van der Waals surface area contributed by atoms with Gasteiger partial charge in [0.1, 0.15) is 0 Å². The van der Waals surface area contributed by atoms with E-state index in [2.05, 4.69) is 4.72 Å². The lowest BCUT2D eigenvalue weighted by atomic mass is 10.1. The van der Waals surface area contributed by atoms with Crippen molar-refractivity contribution in [3.8, 4) is 0 Å². The molecule has 20 heavy (non-hydrogen) atoms. The van der Waals surface area contributed by atoms with E-state index in [1.807, 2.05) is 4.90 Å².